The van der Waals surface area contributed by atoms with Crippen molar-refractivity contribution in [2.45, 2.75) is 13.0 Å². The number of hydrogen-bond acceptors (Lipinski definition) is 4. The number of nitrogens with zero attached hydrogens (tertiary/aromatic N) is 1. The predicted octanol–water partition coefficient (Wildman–Crippen LogP) is 0.865. The average molecular weight is 185 g/mol. The van der Waals surface area contributed by atoms with E-state index in [-0.39, 0.29) is 6.04 Å². The number of aromatic nitrogens is 2. The van der Waals surface area contributed by atoms with Crippen molar-refractivity contribution >= 4 is 12.2 Å². The van der Waals surface area contributed by atoms with Crippen molar-refractivity contribution in [2.24, 2.45) is 5.73 Å². The topological polar surface area (TPSA) is 63.9 Å². The van der Waals surface area contributed by atoms with Crippen LogP contribution in [0.4, 0.5) is 0 Å². The smallest absolute Gasteiger partial charge is 0.196 e. The van der Waals surface area contributed by atoms with E-state index in [9.17, 15) is 0 Å². The van der Waals surface area contributed by atoms with Gasteiger partial charge in [0.05, 0.1) is 6.20 Å². The second kappa shape index (κ2) is 4.18. The van der Waals surface area contributed by atoms with Gasteiger partial charge in [0.1, 0.15) is 6.61 Å². The van der Waals surface area contributed by atoms with Crippen molar-refractivity contribution in [1.29, 1.82) is 0 Å². The number of ether oxygens (including phenoxy) is 1. The number of hydrogen-bond donors (Lipinski definition) is 2. The largest absolute Gasteiger partial charge is 0.489 e. The number of rotatable bonds is 3. The van der Waals surface area contributed by atoms with Crippen LogP contribution in [-0.2, 0) is 0 Å². The third kappa shape index (κ3) is 2.98. The summed E-state index contributed by atoms with van der Waals surface area (Å²) in [5.41, 5.74) is 5.49. The van der Waals surface area contributed by atoms with E-state index in [1.807, 2.05) is 6.92 Å². The first-order valence-electron chi connectivity index (χ1n) is 3.61. The molecule has 0 radical (unpaired) electrons. The molecule has 4 nitrogen and oxygen atoms in total. The molecule has 3 N–H and O–H groups in total. The standard InChI is InChI=1S/C7H11N3OS/c1-5(8)4-11-6-2-9-7(12)10-3-6/h2-3,5H,4,8H2,1H3,(H,9,10,12). The summed E-state index contributed by atoms with van der Waals surface area (Å²) < 4.78 is 5.70. The zero-order valence-corrected chi connectivity index (χ0v) is 7.60. The van der Waals surface area contributed by atoms with Crippen molar-refractivity contribution in [3.63, 3.8) is 0 Å². The second-order valence-corrected chi connectivity index (χ2v) is 2.93. The fourth-order valence-electron chi connectivity index (χ4n) is 0.636. The highest BCUT2D eigenvalue weighted by molar-refractivity contribution is 7.71. The minimum absolute atomic E-state index is 0.0215. The molecule has 0 fully saturated rings. The lowest BCUT2D eigenvalue weighted by Gasteiger charge is -2.06. The Hall–Kier alpha value is -0.940. The van der Waals surface area contributed by atoms with Gasteiger partial charge in [-0.3, -0.25) is 0 Å². The van der Waals surface area contributed by atoms with Crippen molar-refractivity contribution in [1.82, 2.24) is 9.97 Å². The molecule has 0 bridgehead atoms. The number of H-pyrrole nitrogens is 1. The molecule has 1 unspecified atom stereocenters. The average Bonchev–Trinajstić information content (AvgIpc) is 2.03. The number of aromatic amines is 1. The van der Waals surface area contributed by atoms with Crippen LogP contribution in [0.2, 0.25) is 0 Å². The van der Waals surface area contributed by atoms with Gasteiger partial charge in [-0.15, -0.1) is 0 Å². The highest BCUT2D eigenvalue weighted by Crippen LogP contribution is 2.04. The van der Waals surface area contributed by atoms with Crippen LogP contribution < -0.4 is 10.5 Å². The maximum Gasteiger partial charge on any atom is 0.196 e. The summed E-state index contributed by atoms with van der Waals surface area (Å²) in [5.74, 6) is 0.654. The van der Waals surface area contributed by atoms with E-state index in [1.165, 1.54) is 0 Å². The summed E-state index contributed by atoms with van der Waals surface area (Å²) in [4.78, 5) is 6.61. The molecular formula is C7H11N3OS. The Labute approximate surface area is 75.8 Å². The van der Waals surface area contributed by atoms with Gasteiger partial charge in [-0.1, -0.05) is 0 Å². The van der Waals surface area contributed by atoms with Gasteiger partial charge in [-0.05, 0) is 19.1 Å². The molecule has 66 valence electrons. The van der Waals surface area contributed by atoms with Crippen LogP contribution in [0.25, 0.3) is 0 Å². The van der Waals surface area contributed by atoms with E-state index < -0.39 is 0 Å². The normalized spacial score (nSPS) is 12.5. The maximum absolute atomic E-state index is 5.49. The zero-order valence-electron chi connectivity index (χ0n) is 6.78. The molecule has 1 atom stereocenters. The van der Waals surface area contributed by atoms with Crippen LogP contribution in [0, 0.1) is 4.77 Å². The van der Waals surface area contributed by atoms with E-state index in [2.05, 4.69) is 9.97 Å². The fraction of sp³-hybridized carbons (Fsp3) is 0.429. The van der Waals surface area contributed by atoms with E-state index in [0.717, 1.165) is 0 Å². The van der Waals surface area contributed by atoms with Gasteiger partial charge in [0.15, 0.2) is 10.5 Å². The summed E-state index contributed by atoms with van der Waals surface area (Å²) in [5, 5.41) is 0. The van der Waals surface area contributed by atoms with Crippen LogP contribution in [-0.4, -0.2) is 22.6 Å². The molecule has 5 heteroatoms. The van der Waals surface area contributed by atoms with E-state index >= 15 is 0 Å². The highest BCUT2D eigenvalue weighted by atomic mass is 32.1. The first kappa shape index (κ1) is 9.15. The molecule has 0 amide bonds. The van der Waals surface area contributed by atoms with Gasteiger partial charge in [-0.25, -0.2) is 4.98 Å². The summed E-state index contributed by atoms with van der Waals surface area (Å²) >= 11 is 4.76. The van der Waals surface area contributed by atoms with Gasteiger partial charge in [-0.2, -0.15) is 0 Å². The first-order valence-corrected chi connectivity index (χ1v) is 4.02. The van der Waals surface area contributed by atoms with Gasteiger partial charge in [0.25, 0.3) is 0 Å². The molecule has 1 rings (SSSR count). The Kier molecular flexibility index (Phi) is 3.19. The molecule has 0 spiro atoms. The van der Waals surface area contributed by atoms with Crippen LogP contribution >= 0.6 is 12.2 Å². The molecule has 0 aliphatic rings. The Morgan fingerprint density at radius 3 is 3.08 bits per heavy atom. The van der Waals surface area contributed by atoms with E-state index in [0.29, 0.717) is 17.1 Å². The van der Waals surface area contributed by atoms with Crippen molar-refractivity contribution in [3.05, 3.63) is 17.2 Å². The molecular weight excluding hydrogens is 174 g/mol. The molecule has 12 heavy (non-hydrogen) atoms. The van der Waals surface area contributed by atoms with Crippen molar-refractivity contribution in [3.8, 4) is 5.75 Å². The van der Waals surface area contributed by atoms with Crippen molar-refractivity contribution < 1.29 is 4.74 Å². The van der Waals surface area contributed by atoms with Gasteiger partial charge in [0.2, 0.25) is 0 Å². The van der Waals surface area contributed by atoms with Crippen molar-refractivity contribution in [2.75, 3.05) is 6.61 Å². The van der Waals surface area contributed by atoms with Gasteiger partial charge >= 0.3 is 0 Å². The van der Waals surface area contributed by atoms with E-state index in [1.54, 1.807) is 12.4 Å². The van der Waals surface area contributed by atoms with Crippen LogP contribution in [0.5, 0.6) is 5.75 Å². The lowest BCUT2D eigenvalue weighted by atomic mass is 10.4. The molecule has 0 saturated heterocycles. The Morgan fingerprint density at radius 1 is 1.83 bits per heavy atom. The summed E-state index contributed by atoms with van der Waals surface area (Å²) in [6.45, 7) is 2.35. The summed E-state index contributed by atoms with van der Waals surface area (Å²) in [6, 6.07) is 0.0215. The minimum Gasteiger partial charge on any atom is -0.489 e. The van der Waals surface area contributed by atoms with Crippen LogP contribution in [0.3, 0.4) is 0 Å². The molecule has 0 aromatic carbocycles. The monoisotopic (exact) mass is 185 g/mol. The highest BCUT2D eigenvalue weighted by Gasteiger charge is 1.95. The van der Waals surface area contributed by atoms with Gasteiger partial charge < -0.3 is 15.5 Å². The molecule has 0 saturated carbocycles. The zero-order chi connectivity index (χ0) is 8.97. The molecule has 0 aliphatic carbocycles. The lowest BCUT2D eigenvalue weighted by Crippen LogP contribution is -2.23. The lowest BCUT2D eigenvalue weighted by molar-refractivity contribution is 0.294. The quantitative estimate of drug-likeness (QED) is 0.686. The molecule has 1 aromatic rings. The first-order chi connectivity index (χ1) is 5.68. The third-order valence-corrected chi connectivity index (χ3v) is 1.38. The summed E-state index contributed by atoms with van der Waals surface area (Å²) in [7, 11) is 0. The van der Waals surface area contributed by atoms with Crippen LogP contribution in [0.15, 0.2) is 12.4 Å². The fourth-order valence-corrected chi connectivity index (χ4v) is 0.748. The molecule has 0 aliphatic heterocycles. The predicted molar refractivity (Wildman–Crippen MR) is 48.6 cm³/mol. The second-order valence-electron chi connectivity index (χ2n) is 2.54. The SMILES string of the molecule is CC(N)COc1cnc(=S)[nH]c1. The third-order valence-electron chi connectivity index (χ3n) is 1.16. The van der Waals surface area contributed by atoms with E-state index in [4.69, 9.17) is 22.7 Å². The van der Waals surface area contributed by atoms with Crippen LogP contribution in [0.1, 0.15) is 6.92 Å². The Morgan fingerprint density at radius 2 is 2.58 bits per heavy atom. The Bertz CT molecular complexity index is 276. The van der Waals surface area contributed by atoms with Gasteiger partial charge in [0, 0.05) is 12.2 Å². The number of nitrogens with one attached hydrogen (secondary N) is 1. The summed E-state index contributed by atoms with van der Waals surface area (Å²) in [6.07, 6.45) is 3.24. The number of nitrogens with two attached hydrogens (primary N) is 1. The Balaban J connectivity index is 2.53. The molecule has 1 heterocycles. The maximum atomic E-state index is 5.49. The molecule has 1 aromatic heterocycles. The minimum atomic E-state index is 0.0215.